The first kappa shape index (κ1) is 16.3. The molecule has 0 radical (unpaired) electrons. The highest BCUT2D eigenvalue weighted by molar-refractivity contribution is 5.54. The average molecular weight is 287 g/mol. The molecule has 1 N–H and O–H groups in total. The largest absolute Gasteiger partial charge is 0.380 e. The van der Waals surface area contributed by atoms with Gasteiger partial charge in [0.2, 0.25) is 0 Å². The van der Waals surface area contributed by atoms with Gasteiger partial charge in [-0.25, -0.2) is 0 Å². The van der Waals surface area contributed by atoms with Crippen molar-refractivity contribution in [2.24, 2.45) is 5.92 Å². The third-order valence-electron chi connectivity index (χ3n) is 4.35. The van der Waals surface area contributed by atoms with Crippen molar-refractivity contribution in [2.45, 2.75) is 45.6 Å². The van der Waals surface area contributed by atoms with Crippen molar-refractivity contribution in [1.82, 2.24) is 5.32 Å². The molecule has 0 aliphatic heterocycles. The van der Waals surface area contributed by atoms with Gasteiger partial charge < -0.3 is 10.1 Å². The van der Waals surface area contributed by atoms with Crippen LogP contribution in [0.5, 0.6) is 0 Å². The van der Waals surface area contributed by atoms with Gasteiger partial charge in [0.05, 0.1) is 6.61 Å². The summed E-state index contributed by atoms with van der Waals surface area (Å²) in [6.45, 7) is 4.94. The average Bonchev–Trinajstić information content (AvgIpc) is 2.54. The van der Waals surface area contributed by atoms with E-state index >= 15 is 0 Å². The van der Waals surface area contributed by atoms with Crippen molar-refractivity contribution in [1.29, 1.82) is 0 Å². The van der Waals surface area contributed by atoms with E-state index < -0.39 is 0 Å². The minimum atomic E-state index is 0.691. The van der Waals surface area contributed by atoms with E-state index in [2.05, 4.69) is 42.6 Å². The second-order valence-electron chi connectivity index (χ2n) is 6.01. The maximum atomic E-state index is 5.17. The van der Waals surface area contributed by atoms with Crippen LogP contribution >= 0.6 is 0 Å². The summed E-state index contributed by atoms with van der Waals surface area (Å²) >= 11 is 0. The lowest BCUT2D eigenvalue weighted by molar-refractivity contribution is 0.185. The Hall–Kier alpha value is -1.12. The van der Waals surface area contributed by atoms with Gasteiger partial charge in [0.15, 0.2) is 0 Å². The third kappa shape index (κ3) is 5.29. The third-order valence-corrected chi connectivity index (χ3v) is 4.35. The molecule has 0 aromatic heterocycles. The van der Waals surface area contributed by atoms with Gasteiger partial charge in [0.25, 0.3) is 0 Å². The van der Waals surface area contributed by atoms with Gasteiger partial charge in [-0.15, -0.1) is 0 Å². The molecule has 0 saturated heterocycles. The molecule has 2 rings (SSSR count). The molecule has 0 amide bonds. The Morgan fingerprint density at radius 3 is 2.52 bits per heavy atom. The van der Waals surface area contributed by atoms with Crippen molar-refractivity contribution in [3.8, 4) is 0 Å². The van der Waals surface area contributed by atoms with E-state index in [9.17, 15) is 0 Å². The van der Waals surface area contributed by atoms with Crippen LogP contribution in [0.25, 0.3) is 6.08 Å². The Labute approximate surface area is 129 Å². The van der Waals surface area contributed by atoms with Crippen LogP contribution in [-0.4, -0.2) is 20.2 Å². The van der Waals surface area contributed by atoms with Crippen molar-refractivity contribution in [3.05, 3.63) is 41.0 Å². The molecule has 1 aromatic rings. The Kier molecular flexibility index (Phi) is 6.98. The fourth-order valence-electron chi connectivity index (χ4n) is 3.15. The molecule has 0 unspecified atom stereocenters. The monoisotopic (exact) mass is 287 g/mol. The summed E-state index contributed by atoms with van der Waals surface area (Å²) in [5.41, 5.74) is 4.13. The first-order valence-corrected chi connectivity index (χ1v) is 8.32. The second kappa shape index (κ2) is 9.01. The van der Waals surface area contributed by atoms with E-state index in [1.807, 2.05) is 0 Å². The topological polar surface area (TPSA) is 21.3 Å². The SMILES string of the molecule is CCNC/C(=C/c1ccc(COC)cc1)C1CCCCC1. The summed E-state index contributed by atoms with van der Waals surface area (Å²) in [4.78, 5) is 0. The molecule has 116 valence electrons. The zero-order chi connectivity index (χ0) is 14.9. The van der Waals surface area contributed by atoms with E-state index in [-0.39, 0.29) is 0 Å². The Balaban J connectivity index is 2.09. The standard InChI is InChI=1S/C19H29NO/c1-3-20-14-19(18-7-5-4-6-8-18)13-16-9-11-17(12-10-16)15-21-2/h9-13,18,20H,3-8,14-15H2,1-2H3/b19-13-. The van der Waals surface area contributed by atoms with E-state index in [0.29, 0.717) is 6.61 Å². The fraction of sp³-hybridized carbons (Fsp3) is 0.579. The molecule has 1 saturated carbocycles. The molecule has 2 nitrogen and oxygen atoms in total. The lowest BCUT2D eigenvalue weighted by Crippen LogP contribution is -2.22. The van der Waals surface area contributed by atoms with Crippen LogP contribution in [0.15, 0.2) is 29.8 Å². The molecule has 0 atom stereocenters. The maximum Gasteiger partial charge on any atom is 0.0713 e. The minimum Gasteiger partial charge on any atom is -0.380 e. The predicted molar refractivity (Wildman–Crippen MR) is 90.3 cm³/mol. The van der Waals surface area contributed by atoms with E-state index in [0.717, 1.165) is 19.0 Å². The number of likely N-dealkylation sites (N-methyl/N-ethyl adjacent to an activating group) is 1. The van der Waals surface area contributed by atoms with Gasteiger partial charge >= 0.3 is 0 Å². The molecule has 21 heavy (non-hydrogen) atoms. The molecule has 1 aliphatic carbocycles. The normalized spacial score (nSPS) is 17.1. The van der Waals surface area contributed by atoms with Crippen LogP contribution in [0.2, 0.25) is 0 Å². The molecule has 2 heteroatoms. The number of nitrogens with one attached hydrogen (secondary N) is 1. The maximum absolute atomic E-state index is 5.17. The zero-order valence-corrected chi connectivity index (χ0v) is 13.5. The van der Waals surface area contributed by atoms with E-state index in [4.69, 9.17) is 4.74 Å². The number of methoxy groups -OCH3 is 1. The van der Waals surface area contributed by atoms with Gasteiger partial charge in [-0.05, 0) is 36.4 Å². The lowest BCUT2D eigenvalue weighted by Gasteiger charge is -2.25. The molecule has 1 aromatic carbocycles. The highest BCUT2D eigenvalue weighted by atomic mass is 16.5. The lowest BCUT2D eigenvalue weighted by atomic mass is 9.83. The van der Waals surface area contributed by atoms with Gasteiger partial charge in [0.1, 0.15) is 0 Å². The quantitative estimate of drug-likeness (QED) is 0.802. The summed E-state index contributed by atoms with van der Waals surface area (Å²) in [6.07, 6.45) is 9.31. The molecular weight excluding hydrogens is 258 g/mol. The number of benzene rings is 1. The molecule has 0 spiro atoms. The van der Waals surface area contributed by atoms with Crippen LogP contribution in [0, 0.1) is 5.92 Å². The summed E-state index contributed by atoms with van der Waals surface area (Å²) in [5.74, 6) is 0.774. The zero-order valence-electron chi connectivity index (χ0n) is 13.5. The minimum absolute atomic E-state index is 0.691. The highest BCUT2D eigenvalue weighted by Gasteiger charge is 2.17. The van der Waals surface area contributed by atoms with E-state index in [1.54, 1.807) is 12.7 Å². The van der Waals surface area contributed by atoms with Gasteiger partial charge in [-0.2, -0.15) is 0 Å². The molecular formula is C19H29NO. The molecule has 1 fully saturated rings. The van der Waals surface area contributed by atoms with Crippen molar-refractivity contribution in [2.75, 3.05) is 20.2 Å². The Morgan fingerprint density at radius 1 is 1.19 bits per heavy atom. The molecule has 0 bridgehead atoms. The Bertz CT molecular complexity index is 429. The van der Waals surface area contributed by atoms with Gasteiger partial charge in [0, 0.05) is 13.7 Å². The van der Waals surface area contributed by atoms with Crippen LogP contribution < -0.4 is 5.32 Å². The van der Waals surface area contributed by atoms with Crippen LogP contribution in [-0.2, 0) is 11.3 Å². The van der Waals surface area contributed by atoms with E-state index in [1.165, 1.54) is 43.2 Å². The summed E-state index contributed by atoms with van der Waals surface area (Å²) in [7, 11) is 1.74. The smallest absolute Gasteiger partial charge is 0.0713 e. The summed E-state index contributed by atoms with van der Waals surface area (Å²) in [6, 6.07) is 8.76. The first-order chi connectivity index (χ1) is 10.3. The number of rotatable bonds is 7. The van der Waals surface area contributed by atoms with Crippen LogP contribution in [0.3, 0.4) is 0 Å². The summed E-state index contributed by atoms with van der Waals surface area (Å²) < 4.78 is 5.17. The number of ether oxygens (including phenoxy) is 1. The number of hydrogen-bond acceptors (Lipinski definition) is 2. The molecule has 0 heterocycles. The highest BCUT2D eigenvalue weighted by Crippen LogP contribution is 2.30. The van der Waals surface area contributed by atoms with Crippen molar-refractivity contribution >= 4 is 6.08 Å². The van der Waals surface area contributed by atoms with Crippen LogP contribution in [0.1, 0.15) is 50.2 Å². The Morgan fingerprint density at radius 2 is 1.90 bits per heavy atom. The summed E-state index contributed by atoms with van der Waals surface area (Å²) in [5, 5.41) is 3.51. The van der Waals surface area contributed by atoms with Crippen molar-refractivity contribution < 1.29 is 4.74 Å². The predicted octanol–water partition coefficient (Wildman–Crippen LogP) is 4.41. The number of hydrogen-bond donors (Lipinski definition) is 1. The van der Waals surface area contributed by atoms with Crippen molar-refractivity contribution in [3.63, 3.8) is 0 Å². The molecule has 1 aliphatic rings. The van der Waals surface area contributed by atoms with Gasteiger partial charge in [-0.1, -0.05) is 62.1 Å². The van der Waals surface area contributed by atoms with Crippen LogP contribution in [0.4, 0.5) is 0 Å². The fourth-order valence-corrected chi connectivity index (χ4v) is 3.15. The first-order valence-electron chi connectivity index (χ1n) is 8.32. The second-order valence-corrected chi connectivity index (χ2v) is 6.01. The van der Waals surface area contributed by atoms with Gasteiger partial charge in [-0.3, -0.25) is 0 Å².